The van der Waals surface area contributed by atoms with Crippen molar-refractivity contribution < 1.29 is 9.21 Å². The first-order valence-electron chi connectivity index (χ1n) is 6.91. The van der Waals surface area contributed by atoms with E-state index in [-0.39, 0.29) is 5.04 Å². The molecule has 0 unspecified atom stereocenters. The second-order valence-electron chi connectivity index (χ2n) is 6.75. The van der Waals surface area contributed by atoms with Crippen LogP contribution in [-0.2, 0) is 0 Å². The van der Waals surface area contributed by atoms with E-state index in [1.807, 2.05) is 30.3 Å². The molecule has 2 aromatic rings. The van der Waals surface area contributed by atoms with Crippen LogP contribution in [0.4, 0.5) is 0 Å². The van der Waals surface area contributed by atoms with Crippen LogP contribution >= 0.6 is 0 Å². The smallest absolute Gasteiger partial charge is 0.153 e. The van der Waals surface area contributed by atoms with E-state index >= 15 is 0 Å². The summed E-state index contributed by atoms with van der Waals surface area (Å²) in [7, 11) is -1.83. The van der Waals surface area contributed by atoms with Crippen molar-refractivity contribution in [3.05, 3.63) is 42.2 Å². The Hall–Kier alpha value is -1.61. The summed E-state index contributed by atoms with van der Waals surface area (Å²) < 4.78 is 5.86. The normalized spacial score (nSPS) is 12.4. The Morgan fingerprint density at radius 1 is 1.10 bits per heavy atom. The van der Waals surface area contributed by atoms with Gasteiger partial charge in [-0.1, -0.05) is 64.2 Å². The van der Waals surface area contributed by atoms with Crippen LogP contribution in [0.2, 0.25) is 18.1 Å². The first kappa shape index (κ1) is 14.8. The van der Waals surface area contributed by atoms with Gasteiger partial charge >= 0.3 is 0 Å². The molecule has 1 aromatic carbocycles. The van der Waals surface area contributed by atoms with E-state index in [0.717, 1.165) is 22.8 Å². The van der Waals surface area contributed by atoms with Gasteiger partial charge in [-0.15, -0.1) is 0 Å². The zero-order chi connectivity index (χ0) is 15.0. The molecule has 0 aliphatic heterocycles. The molecular weight excluding hydrogens is 264 g/mol. The van der Waals surface area contributed by atoms with Crippen molar-refractivity contribution in [2.24, 2.45) is 0 Å². The van der Waals surface area contributed by atoms with Crippen LogP contribution in [0.25, 0.3) is 11.1 Å². The molecule has 0 aliphatic carbocycles. The molecule has 0 spiro atoms. The maximum Gasteiger partial charge on any atom is 0.153 e. The lowest BCUT2D eigenvalue weighted by molar-refractivity contribution is 0.112. The number of aldehydes is 1. The van der Waals surface area contributed by atoms with Gasteiger partial charge in [0.1, 0.15) is 14.3 Å². The Morgan fingerprint density at radius 3 is 2.20 bits per heavy atom. The zero-order valence-corrected chi connectivity index (χ0v) is 13.9. The van der Waals surface area contributed by atoms with Gasteiger partial charge in [0.05, 0.1) is 10.9 Å². The van der Waals surface area contributed by atoms with Gasteiger partial charge in [0.25, 0.3) is 0 Å². The van der Waals surface area contributed by atoms with E-state index in [2.05, 4.69) is 33.9 Å². The van der Waals surface area contributed by atoms with Crippen LogP contribution < -0.4 is 5.38 Å². The van der Waals surface area contributed by atoms with E-state index in [9.17, 15) is 4.79 Å². The largest absolute Gasteiger partial charge is 0.473 e. The standard InChI is InChI=1S/C17H22O2Si/c1-17(2,3)20(4,5)16-15(14(11-18)12-19-16)13-9-7-6-8-10-13/h6-12H,1-5H3. The highest BCUT2D eigenvalue weighted by Crippen LogP contribution is 2.38. The Kier molecular flexibility index (Phi) is 3.74. The van der Waals surface area contributed by atoms with Gasteiger partial charge in [-0.2, -0.15) is 0 Å². The molecule has 0 amide bonds. The lowest BCUT2D eigenvalue weighted by atomic mass is 10.1. The van der Waals surface area contributed by atoms with Gasteiger partial charge in [0.15, 0.2) is 6.29 Å². The number of hydrogen-bond acceptors (Lipinski definition) is 2. The van der Waals surface area contributed by atoms with Crippen molar-refractivity contribution in [1.82, 2.24) is 0 Å². The highest BCUT2D eigenvalue weighted by atomic mass is 28.3. The molecule has 2 nitrogen and oxygen atoms in total. The van der Waals surface area contributed by atoms with Crippen LogP contribution in [0.15, 0.2) is 41.0 Å². The summed E-state index contributed by atoms with van der Waals surface area (Å²) in [5, 5.41) is 1.17. The molecule has 2 rings (SSSR count). The fourth-order valence-electron chi connectivity index (χ4n) is 2.16. The van der Waals surface area contributed by atoms with Gasteiger partial charge in [-0.05, 0) is 10.6 Å². The fourth-order valence-corrected chi connectivity index (χ4v) is 4.11. The minimum atomic E-state index is -1.83. The number of carbonyl (C=O) groups excluding carboxylic acids is 1. The van der Waals surface area contributed by atoms with Crippen molar-refractivity contribution in [1.29, 1.82) is 0 Å². The Morgan fingerprint density at radius 2 is 1.70 bits per heavy atom. The SMILES string of the molecule is CC(C)(C)[Si](C)(C)c1occ(C=O)c1-c1ccccc1. The van der Waals surface area contributed by atoms with Gasteiger partial charge in [-0.3, -0.25) is 4.79 Å². The monoisotopic (exact) mass is 286 g/mol. The summed E-state index contributed by atoms with van der Waals surface area (Å²) in [6, 6.07) is 10.0. The summed E-state index contributed by atoms with van der Waals surface area (Å²) in [4.78, 5) is 11.3. The van der Waals surface area contributed by atoms with Crippen LogP contribution in [0.5, 0.6) is 0 Å². The molecule has 0 N–H and O–H groups in total. The minimum Gasteiger partial charge on any atom is -0.473 e. The third-order valence-corrected chi connectivity index (χ3v) is 9.70. The van der Waals surface area contributed by atoms with Gasteiger partial charge in [-0.25, -0.2) is 0 Å². The Balaban J connectivity index is 2.69. The van der Waals surface area contributed by atoms with Gasteiger partial charge in [0.2, 0.25) is 0 Å². The molecule has 1 aromatic heterocycles. The molecule has 20 heavy (non-hydrogen) atoms. The third kappa shape index (κ3) is 2.38. The van der Waals surface area contributed by atoms with Crippen LogP contribution in [0.3, 0.4) is 0 Å². The molecule has 106 valence electrons. The number of carbonyl (C=O) groups is 1. The Labute approximate surface area is 121 Å². The van der Waals surface area contributed by atoms with Crippen LogP contribution in [0, 0.1) is 0 Å². The molecule has 0 bridgehead atoms. The van der Waals surface area contributed by atoms with E-state index in [0.29, 0.717) is 5.56 Å². The lowest BCUT2D eigenvalue weighted by Crippen LogP contribution is -2.49. The lowest BCUT2D eigenvalue weighted by Gasteiger charge is -2.35. The number of benzene rings is 1. The first-order valence-corrected chi connectivity index (χ1v) is 9.91. The second kappa shape index (κ2) is 5.06. The zero-order valence-electron chi connectivity index (χ0n) is 12.9. The van der Waals surface area contributed by atoms with E-state index in [4.69, 9.17) is 4.42 Å². The summed E-state index contributed by atoms with van der Waals surface area (Å²) in [6.07, 6.45) is 2.49. The average Bonchev–Trinajstić information content (AvgIpc) is 2.82. The number of furan rings is 1. The first-order chi connectivity index (χ1) is 9.29. The van der Waals surface area contributed by atoms with Crippen molar-refractivity contribution in [2.75, 3.05) is 0 Å². The number of rotatable bonds is 3. The molecule has 0 saturated heterocycles. The average molecular weight is 286 g/mol. The van der Waals surface area contributed by atoms with Crippen LogP contribution in [-0.4, -0.2) is 14.4 Å². The molecule has 0 aliphatic rings. The van der Waals surface area contributed by atoms with E-state index < -0.39 is 8.07 Å². The van der Waals surface area contributed by atoms with Crippen molar-refractivity contribution >= 4 is 19.7 Å². The summed E-state index contributed by atoms with van der Waals surface area (Å²) in [5.41, 5.74) is 2.69. The van der Waals surface area contributed by atoms with Crippen molar-refractivity contribution in [3.8, 4) is 11.1 Å². The molecular formula is C17H22O2Si. The quantitative estimate of drug-likeness (QED) is 0.615. The second-order valence-corrected chi connectivity index (χ2v) is 12.0. The maximum atomic E-state index is 11.3. The van der Waals surface area contributed by atoms with E-state index in [1.165, 1.54) is 0 Å². The topological polar surface area (TPSA) is 30.2 Å². The molecule has 0 saturated carbocycles. The molecule has 3 heteroatoms. The highest BCUT2D eigenvalue weighted by Gasteiger charge is 2.42. The minimum absolute atomic E-state index is 0.161. The fraction of sp³-hybridized carbons (Fsp3) is 0.353. The predicted molar refractivity (Wildman–Crippen MR) is 86.4 cm³/mol. The summed E-state index contributed by atoms with van der Waals surface area (Å²) in [6.45, 7) is 11.3. The highest BCUT2D eigenvalue weighted by molar-refractivity contribution is 6.92. The van der Waals surface area contributed by atoms with Crippen LogP contribution in [0.1, 0.15) is 31.1 Å². The predicted octanol–water partition coefficient (Wildman–Crippen LogP) is 4.47. The summed E-state index contributed by atoms with van der Waals surface area (Å²) >= 11 is 0. The van der Waals surface area contributed by atoms with Gasteiger partial charge < -0.3 is 4.42 Å². The van der Waals surface area contributed by atoms with Crippen molar-refractivity contribution in [2.45, 2.75) is 38.9 Å². The molecule has 0 atom stereocenters. The summed E-state index contributed by atoms with van der Waals surface area (Å²) in [5.74, 6) is 0. The number of hydrogen-bond donors (Lipinski definition) is 0. The molecule has 0 fully saturated rings. The van der Waals surface area contributed by atoms with Crippen molar-refractivity contribution in [3.63, 3.8) is 0 Å². The molecule has 0 radical (unpaired) electrons. The Bertz CT molecular complexity index is 604. The maximum absolute atomic E-state index is 11.3. The third-order valence-electron chi connectivity index (χ3n) is 4.45. The van der Waals surface area contributed by atoms with Gasteiger partial charge in [0, 0.05) is 5.56 Å². The van der Waals surface area contributed by atoms with E-state index in [1.54, 1.807) is 6.26 Å². The molecule has 1 heterocycles.